The number of Topliss-reactive ketones (excluding diaryl/α,β-unsaturated/α-hetero) is 1. The molecule has 2 N–H and O–H groups in total. The molecule has 4 heteroatoms. The Morgan fingerprint density at radius 3 is 2.84 bits per heavy atom. The lowest BCUT2D eigenvalue weighted by molar-refractivity contribution is 0.101. The highest BCUT2D eigenvalue weighted by atomic mass is 16.3. The molecule has 0 atom stereocenters. The number of nitrogens with two attached hydrogens (primary N) is 1. The van der Waals surface area contributed by atoms with Crippen LogP contribution in [-0.2, 0) is 0 Å². The van der Waals surface area contributed by atoms with E-state index in [4.69, 9.17) is 10.2 Å². The Morgan fingerprint density at radius 1 is 1.21 bits per heavy atom. The molecule has 0 aliphatic carbocycles. The molecule has 0 saturated carbocycles. The zero-order chi connectivity index (χ0) is 13.4. The molecular weight excluding hydrogens is 240 g/mol. The fourth-order valence-corrected chi connectivity index (χ4v) is 1.94. The molecule has 3 rings (SSSR count). The van der Waals surface area contributed by atoms with Gasteiger partial charge in [0, 0.05) is 16.8 Å². The van der Waals surface area contributed by atoms with Crippen LogP contribution >= 0.6 is 0 Å². The van der Waals surface area contributed by atoms with Crippen LogP contribution in [0.4, 0.5) is 5.69 Å². The minimum atomic E-state index is 0.0159. The normalized spacial score (nSPS) is 10.8. The molecule has 1 heterocycles. The summed E-state index contributed by atoms with van der Waals surface area (Å²) in [7, 11) is 0. The molecule has 19 heavy (non-hydrogen) atoms. The summed E-state index contributed by atoms with van der Waals surface area (Å²) in [5, 5.41) is 0. The Balaban J connectivity index is 2.13. The van der Waals surface area contributed by atoms with Gasteiger partial charge in [0.2, 0.25) is 5.89 Å². The average Bonchev–Trinajstić information content (AvgIpc) is 2.81. The average molecular weight is 252 g/mol. The van der Waals surface area contributed by atoms with Crippen molar-refractivity contribution in [2.24, 2.45) is 0 Å². The number of nitrogen functional groups attached to an aromatic ring is 1. The molecule has 3 aromatic rings. The highest BCUT2D eigenvalue weighted by Gasteiger charge is 2.09. The zero-order valence-corrected chi connectivity index (χ0v) is 10.4. The fourth-order valence-electron chi connectivity index (χ4n) is 1.94. The Hall–Kier alpha value is -2.62. The molecule has 1 aromatic heterocycles. The van der Waals surface area contributed by atoms with Gasteiger partial charge in [0.15, 0.2) is 11.4 Å². The number of rotatable bonds is 2. The minimum absolute atomic E-state index is 0.0159. The number of aromatic nitrogens is 1. The standard InChI is InChI=1S/C15H12N2O2/c1-9(18)10-3-2-4-11(7-10)15-17-13-8-12(16)5-6-14(13)19-15/h2-8H,16H2,1H3. The number of nitrogens with zero attached hydrogens (tertiary/aromatic N) is 1. The van der Waals surface area contributed by atoms with Gasteiger partial charge in [-0.05, 0) is 37.3 Å². The topological polar surface area (TPSA) is 69.1 Å². The van der Waals surface area contributed by atoms with E-state index >= 15 is 0 Å². The van der Waals surface area contributed by atoms with Crippen molar-refractivity contribution in [1.82, 2.24) is 4.98 Å². The first-order chi connectivity index (χ1) is 9.13. The molecule has 0 aliphatic heterocycles. The summed E-state index contributed by atoms with van der Waals surface area (Å²) in [6.07, 6.45) is 0. The molecule has 4 nitrogen and oxygen atoms in total. The summed E-state index contributed by atoms with van der Waals surface area (Å²) >= 11 is 0. The fraction of sp³-hybridized carbons (Fsp3) is 0.0667. The summed E-state index contributed by atoms with van der Waals surface area (Å²) in [6, 6.07) is 12.5. The van der Waals surface area contributed by atoms with E-state index in [0.29, 0.717) is 28.2 Å². The van der Waals surface area contributed by atoms with Crippen molar-refractivity contribution in [3.05, 3.63) is 48.0 Å². The largest absolute Gasteiger partial charge is 0.436 e. The van der Waals surface area contributed by atoms with Crippen LogP contribution in [0.2, 0.25) is 0 Å². The second-order valence-corrected chi connectivity index (χ2v) is 4.38. The van der Waals surface area contributed by atoms with Gasteiger partial charge >= 0.3 is 0 Å². The molecule has 0 fully saturated rings. The van der Waals surface area contributed by atoms with Crippen molar-refractivity contribution in [2.45, 2.75) is 6.92 Å². The van der Waals surface area contributed by atoms with Crippen LogP contribution in [0.3, 0.4) is 0 Å². The SMILES string of the molecule is CC(=O)c1cccc(-c2nc3cc(N)ccc3o2)c1. The third kappa shape index (κ3) is 2.08. The summed E-state index contributed by atoms with van der Waals surface area (Å²) in [4.78, 5) is 15.8. The van der Waals surface area contributed by atoms with Gasteiger partial charge in [-0.1, -0.05) is 12.1 Å². The number of ketones is 1. The number of carbonyl (C=O) groups excluding carboxylic acids is 1. The second kappa shape index (κ2) is 4.24. The van der Waals surface area contributed by atoms with Crippen molar-refractivity contribution >= 4 is 22.6 Å². The monoisotopic (exact) mass is 252 g/mol. The Kier molecular flexibility index (Phi) is 2.56. The van der Waals surface area contributed by atoms with Crippen molar-refractivity contribution in [3.8, 4) is 11.5 Å². The van der Waals surface area contributed by atoms with Gasteiger partial charge in [0.25, 0.3) is 0 Å². The molecule has 0 spiro atoms. The summed E-state index contributed by atoms with van der Waals surface area (Å²) in [6.45, 7) is 1.53. The van der Waals surface area contributed by atoms with E-state index in [9.17, 15) is 4.79 Å². The lowest BCUT2D eigenvalue weighted by atomic mass is 10.1. The van der Waals surface area contributed by atoms with Crippen LogP contribution in [0.15, 0.2) is 46.9 Å². The maximum absolute atomic E-state index is 11.4. The number of anilines is 1. The molecule has 0 aliphatic rings. The number of benzene rings is 2. The van der Waals surface area contributed by atoms with E-state index in [-0.39, 0.29) is 5.78 Å². The third-order valence-electron chi connectivity index (χ3n) is 2.93. The molecular formula is C15H12N2O2. The van der Waals surface area contributed by atoms with Crippen molar-refractivity contribution in [3.63, 3.8) is 0 Å². The molecule has 0 unspecified atom stereocenters. The maximum atomic E-state index is 11.4. The minimum Gasteiger partial charge on any atom is -0.436 e. The van der Waals surface area contributed by atoms with Gasteiger partial charge in [-0.25, -0.2) is 4.98 Å². The quantitative estimate of drug-likeness (QED) is 0.561. The van der Waals surface area contributed by atoms with E-state index in [2.05, 4.69) is 4.98 Å². The lowest BCUT2D eigenvalue weighted by Gasteiger charge is -1.98. The highest BCUT2D eigenvalue weighted by molar-refractivity contribution is 5.95. The van der Waals surface area contributed by atoms with Gasteiger partial charge in [0.05, 0.1) is 0 Å². The molecule has 0 bridgehead atoms. The lowest BCUT2D eigenvalue weighted by Crippen LogP contribution is -1.91. The Labute approximate surface area is 109 Å². The van der Waals surface area contributed by atoms with Crippen LogP contribution in [0.5, 0.6) is 0 Å². The van der Waals surface area contributed by atoms with Gasteiger partial charge in [-0.2, -0.15) is 0 Å². The first-order valence-corrected chi connectivity index (χ1v) is 5.91. The summed E-state index contributed by atoms with van der Waals surface area (Å²) < 4.78 is 5.67. The van der Waals surface area contributed by atoms with E-state index < -0.39 is 0 Å². The summed E-state index contributed by atoms with van der Waals surface area (Å²) in [5.74, 6) is 0.505. The number of hydrogen-bond acceptors (Lipinski definition) is 4. The first-order valence-electron chi connectivity index (χ1n) is 5.91. The van der Waals surface area contributed by atoms with E-state index in [1.807, 2.05) is 12.1 Å². The summed E-state index contributed by atoms with van der Waals surface area (Å²) in [5.41, 5.74) is 9.16. The van der Waals surface area contributed by atoms with E-state index in [0.717, 1.165) is 5.56 Å². The maximum Gasteiger partial charge on any atom is 0.227 e. The third-order valence-corrected chi connectivity index (χ3v) is 2.93. The number of hydrogen-bond donors (Lipinski definition) is 1. The van der Waals surface area contributed by atoms with Crippen molar-refractivity contribution in [2.75, 3.05) is 5.73 Å². The van der Waals surface area contributed by atoms with E-state index in [1.54, 1.807) is 30.3 Å². The molecule has 94 valence electrons. The first kappa shape index (κ1) is 11.5. The number of oxazole rings is 1. The zero-order valence-electron chi connectivity index (χ0n) is 10.4. The predicted molar refractivity (Wildman–Crippen MR) is 73.9 cm³/mol. The van der Waals surface area contributed by atoms with Crippen LogP contribution in [0, 0.1) is 0 Å². The van der Waals surface area contributed by atoms with Gasteiger partial charge in [0.1, 0.15) is 5.52 Å². The Morgan fingerprint density at radius 2 is 2.05 bits per heavy atom. The van der Waals surface area contributed by atoms with Gasteiger partial charge < -0.3 is 10.2 Å². The van der Waals surface area contributed by atoms with Crippen molar-refractivity contribution in [1.29, 1.82) is 0 Å². The number of carbonyl (C=O) groups is 1. The van der Waals surface area contributed by atoms with Crippen LogP contribution in [0.1, 0.15) is 17.3 Å². The van der Waals surface area contributed by atoms with Crippen LogP contribution < -0.4 is 5.73 Å². The van der Waals surface area contributed by atoms with Crippen LogP contribution in [0.25, 0.3) is 22.6 Å². The molecule has 0 radical (unpaired) electrons. The molecule has 0 amide bonds. The van der Waals surface area contributed by atoms with Crippen molar-refractivity contribution < 1.29 is 9.21 Å². The van der Waals surface area contributed by atoms with E-state index in [1.165, 1.54) is 6.92 Å². The second-order valence-electron chi connectivity index (χ2n) is 4.38. The predicted octanol–water partition coefficient (Wildman–Crippen LogP) is 3.28. The highest BCUT2D eigenvalue weighted by Crippen LogP contribution is 2.26. The van der Waals surface area contributed by atoms with Gasteiger partial charge in [-0.15, -0.1) is 0 Å². The van der Waals surface area contributed by atoms with Gasteiger partial charge in [-0.3, -0.25) is 4.79 Å². The Bertz CT molecular complexity index is 775. The smallest absolute Gasteiger partial charge is 0.227 e. The molecule has 0 saturated heterocycles. The van der Waals surface area contributed by atoms with Crippen LogP contribution in [-0.4, -0.2) is 10.8 Å². The molecule has 2 aromatic carbocycles. The number of fused-ring (bicyclic) bond motifs is 1.